The van der Waals surface area contributed by atoms with Crippen molar-refractivity contribution in [2.24, 2.45) is 7.05 Å². The second-order valence-corrected chi connectivity index (χ2v) is 4.64. The normalized spacial score (nSPS) is 16.6. The third-order valence-electron chi connectivity index (χ3n) is 3.34. The minimum absolute atomic E-state index is 0.125. The van der Waals surface area contributed by atoms with Crippen molar-refractivity contribution < 1.29 is 14.6 Å². The highest BCUT2D eigenvalue weighted by Crippen LogP contribution is 2.34. The van der Waals surface area contributed by atoms with E-state index in [0.717, 1.165) is 18.5 Å². The summed E-state index contributed by atoms with van der Waals surface area (Å²) in [4.78, 5) is 11.7. The van der Waals surface area contributed by atoms with E-state index in [1.165, 1.54) is 6.20 Å². The van der Waals surface area contributed by atoms with Gasteiger partial charge in [-0.05, 0) is 19.8 Å². The summed E-state index contributed by atoms with van der Waals surface area (Å²) in [5.74, 6) is -0.351. The number of esters is 1. The van der Waals surface area contributed by atoms with Gasteiger partial charge in [0.25, 0.3) is 0 Å². The maximum Gasteiger partial charge on any atom is 0.341 e. The standard InChI is InChI=1S/C12H19N3O3/c1-3-18-11(17)9-6-14-15(2)10(9)7-13-12(8-16)4-5-12/h6,13,16H,3-5,7-8H2,1-2H3. The van der Waals surface area contributed by atoms with E-state index in [-0.39, 0.29) is 18.1 Å². The van der Waals surface area contributed by atoms with Gasteiger partial charge in [0.2, 0.25) is 0 Å². The molecule has 6 heteroatoms. The van der Waals surface area contributed by atoms with E-state index in [2.05, 4.69) is 10.4 Å². The van der Waals surface area contributed by atoms with Crippen LogP contribution >= 0.6 is 0 Å². The number of aryl methyl sites for hydroxylation is 1. The molecule has 2 N–H and O–H groups in total. The molecular weight excluding hydrogens is 234 g/mol. The number of aliphatic hydroxyl groups is 1. The number of ether oxygens (including phenoxy) is 1. The average Bonchev–Trinajstić information content (AvgIpc) is 3.05. The minimum atomic E-state index is -0.351. The summed E-state index contributed by atoms with van der Waals surface area (Å²) >= 11 is 0. The maximum absolute atomic E-state index is 11.7. The van der Waals surface area contributed by atoms with E-state index in [4.69, 9.17) is 4.74 Å². The van der Waals surface area contributed by atoms with Crippen LogP contribution in [0.3, 0.4) is 0 Å². The number of carbonyl (C=O) groups excluding carboxylic acids is 1. The van der Waals surface area contributed by atoms with E-state index in [0.29, 0.717) is 18.7 Å². The SMILES string of the molecule is CCOC(=O)c1cnn(C)c1CNC1(CO)CC1. The fraction of sp³-hybridized carbons (Fsp3) is 0.667. The van der Waals surface area contributed by atoms with Gasteiger partial charge in [-0.3, -0.25) is 4.68 Å². The van der Waals surface area contributed by atoms with Crippen LogP contribution in [0.1, 0.15) is 35.8 Å². The lowest BCUT2D eigenvalue weighted by atomic mass is 10.2. The molecule has 0 aliphatic heterocycles. The Morgan fingerprint density at radius 1 is 1.67 bits per heavy atom. The molecule has 100 valence electrons. The van der Waals surface area contributed by atoms with Crippen LogP contribution in [0, 0.1) is 0 Å². The number of nitrogens with one attached hydrogen (secondary N) is 1. The fourth-order valence-electron chi connectivity index (χ4n) is 1.86. The Morgan fingerprint density at radius 2 is 2.39 bits per heavy atom. The molecule has 0 saturated heterocycles. The molecule has 1 aliphatic carbocycles. The third kappa shape index (κ3) is 2.54. The molecule has 0 atom stereocenters. The van der Waals surface area contributed by atoms with Crippen LogP contribution in [-0.2, 0) is 18.3 Å². The predicted molar refractivity (Wildman–Crippen MR) is 65.1 cm³/mol. The Morgan fingerprint density at radius 3 is 2.94 bits per heavy atom. The smallest absolute Gasteiger partial charge is 0.341 e. The van der Waals surface area contributed by atoms with Gasteiger partial charge in [0.05, 0.1) is 25.1 Å². The number of hydrogen-bond donors (Lipinski definition) is 2. The molecule has 1 aromatic heterocycles. The lowest BCUT2D eigenvalue weighted by Crippen LogP contribution is -2.35. The summed E-state index contributed by atoms with van der Waals surface area (Å²) in [5, 5.41) is 16.6. The molecule has 0 unspecified atom stereocenters. The topological polar surface area (TPSA) is 76.4 Å². The van der Waals surface area contributed by atoms with Gasteiger partial charge >= 0.3 is 5.97 Å². The Bertz CT molecular complexity index is 438. The summed E-state index contributed by atoms with van der Waals surface area (Å²) < 4.78 is 6.65. The zero-order valence-corrected chi connectivity index (χ0v) is 10.8. The van der Waals surface area contributed by atoms with Crippen LogP contribution in [0.2, 0.25) is 0 Å². The van der Waals surface area contributed by atoms with Crippen molar-refractivity contribution in [2.75, 3.05) is 13.2 Å². The van der Waals surface area contributed by atoms with Gasteiger partial charge in [0, 0.05) is 19.1 Å². The van der Waals surface area contributed by atoms with Gasteiger partial charge in [0.15, 0.2) is 0 Å². The van der Waals surface area contributed by atoms with Crippen molar-refractivity contribution in [3.63, 3.8) is 0 Å². The Hall–Kier alpha value is -1.40. The van der Waals surface area contributed by atoms with E-state index in [1.54, 1.807) is 18.7 Å². The van der Waals surface area contributed by atoms with Gasteiger partial charge in [-0.15, -0.1) is 0 Å². The molecule has 0 spiro atoms. The maximum atomic E-state index is 11.7. The summed E-state index contributed by atoms with van der Waals surface area (Å²) in [6, 6.07) is 0. The van der Waals surface area contributed by atoms with Crippen LogP contribution < -0.4 is 5.32 Å². The summed E-state index contributed by atoms with van der Waals surface area (Å²) in [6.45, 7) is 2.75. The van der Waals surface area contributed by atoms with Crippen molar-refractivity contribution in [3.8, 4) is 0 Å². The van der Waals surface area contributed by atoms with Gasteiger partial charge < -0.3 is 15.2 Å². The first-order valence-corrected chi connectivity index (χ1v) is 6.16. The number of rotatable bonds is 6. The largest absolute Gasteiger partial charge is 0.462 e. The summed E-state index contributed by atoms with van der Waals surface area (Å²) in [7, 11) is 1.79. The Kier molecular flexibility index (Phi) is 3.68. The molecule has 0 aromatic carbocycles. The van der Waals surface area contributed by atoms with Crippen molar-refractivity contribution >= 4 is 5.97 Å². The van der Waals surface area contributed by atoms with Gasteiger partial charge in [-0.25, -0.2) is 4.79 Å². The molecule has 6 nitrogen and oxygen atoms in total. The van der Waals surface area contributed by atoms with Crippen LogP contribution in [0.5, 0.6) is 0 Å². The highest BCUT2D eigenvalue weighted by Gasteiger charge is 2.41. The quantitative estimate of drug-likeness (QED) is 0.709. The first kappa shape index (κ1) is 13.0. The molecule has 1 saturated carbocycles. The highest BCUT2D eigenvalue weighted by atomic mass is 16.5. The van der Waals surface area contributed by atoms with Crippen LogP contribution in [0.4, 0.5) is 0 Å². The molecule has 0 amide bonds. The van der Waals surface area contributed by atoms with Crippen molar-refractivity contribution in [3.05, 3.63) is 17.5 Å². The monoisotopic (exact) mass is 253 g/mol. The van der Waals surface area contributed by atoms with Crippen LogP contribution in [0.25, 0.3) is 0 Å². The van der Waals surface area contributed by atoms with Crippen molar-refractivity contribution in [2.45, 2.75) is 31.8 Å². The Balaban J connectivity index is 2.07. The first-order valence-electron chi connectivity index (χ1n) is 6.16. The zero-order chi connectivity index (χ0) is 13.2. The van der Waals surface area contributed by atoms with Crippen molar-refractivity contribution in [1.29, 1.82) is 0 Å². The van der Waals surface area contributed by atoms with E-state index in [9.17, 15) is 9.90 Å². The van der Waals surface area contributed by atoms with E-state index < -0.39 is 0 Å². The van der Waals surface area contributed by atoms with E-state index >= 15 is 0 Å². The number of aliphatic hydroxyl groups excluding tert-OH is 1. The van der Waals surface area contributed by atoms with Gasteiger partial charge in [-0.1, -0.05) is 0 Å². The molecule has 1 aromatic rings. The third-order valence-corrected chi connectivity index (χ3v) is 3.34. The van der Waals surface area contributed by atoms with Gasteiger partial charge in [-0.2, -0.15) is 5.10 Å². The zero-order valence-electron chi connectivity index (χ0n) is 10.8. The molecule has 1 aliphatic rings. The summed E-state index contributed by atoms with van der Waals surface area (Å²) in [6.07, 6.45) is 3.46. The molecule has 1 heterocycles. The predicted octanol–water partition coefficient (Wildman–Crippen LogP) is 0.211. The minimum Gasteiger partial charge on any atom is -0.462 e. The van der Waals surface area contributed by atoms with Crippen LogP contribution in [0.15, 0.2) is 6.20 Å². The molecule has 2 rings (SSSR count). The Labute approximate surface area is 106 Å². The molecular formula is C12H19N3O3. The lowest BCUT2D eigenvalue weighted by Gasteiger charge is -2.15. The molecule has 18 heavy (non-hydrogen) atoms. The molecule has 0 radical (unpaired) electrons. The number of hydrogen-bond acceptors (Lipinski definition) is 5. The van der Waals surface area contributed by atoms with Crippen LogP contribution in [-0.4, -0.2) is 39.6 Å². The fourth-order valence-corrected chi connectivity index (χ4v) is 1.86. The van der Waals surface area contributed by atoms with E-state index in [1.807, 2.05) is 0 Å². The molecule has 0 bridgehead atoms. The highest BCUT2D eigenvalue weighted by molar-refractivity contribution is 5.90. The lowest BCUT2D eigenvalue weighted by molar-refractivity contribution is 0.0524. The average molecular weight is 253 g/mol. The molecule has 1 fully saturated rings. The number of nitrogens with zero attached hydrogens (tertiary/aromatic N) is 2. The second-order valence-electron chi connectivity index (χ2n) is 4.64. The number of aromatic nitrogens is 2. The van der Waals surface area contributed by atoms with Crippen molar-refractivity contribution in [1.82, 2.24) is 15.1 Å². The van der Waals surface area contributed by atoms with Gasteiger partial charge in [0.1, 0.15) is 5.56 Å². The second kappa shape index (κ2) is 5.07. The number of carbonyl (C=O) groups is 1. The summed E-state index contributed by atoms with van der Waals surface area (Å²) in [5.41, 5.74) is 1.12. The first-order chi connectivity index (χ1) is 8.62.